The minimum atomic E-state index is -0.284. The number of piperidine rings is 1. The predicted octanol–water partition coefficient (Wildman–Crippen LogP) is 0.541. The van der Waals surface area contributed by atoms with Crippen molar-refractivity contribution in [3.8, 4) is 0 Å². The summed E-state index contributed by atoms with van der Waals surface area (Å²) in [5.41, 5.74) is 0. The second kappa shape index (κ2) is 3.77. The summed E-state index contributed by atoms with van der Waals surface area (Å²) < 4.78 is 2.76. The number of hydrogen-bond acceptors (Lipinski definition) is 3. The molecule has 0 radical (unpaired) electrons. The number of rotatable bonds is 1. The molecule has 0 amide bonds. The van der Waals surface area contributed by atoms with E-state index in [0.29, 0.717) is 0 Å². The lowest BCUT2D eigenvalue weighted by Crippen LogP contribution is -2.41. The van der Waals surface area contributed by atoms with Gasteiger partial charge in [0.15, 0.2) is 0 Å². The first-order valence-electron chi connectivity index (χ1n) is 4.36. The molecular weight excluding hydrogens is 234 g/mol. The number of halogens is 1. The van der Waals surface area contributed by atoms with Gasteiger partial charge >= 0.3 is 0 Å². The van der Waals surface area contributed by atoms with Crippen molar-refractivity contribution in [2.24, 2.45) is 0 Å². The van der Waals surface area contributed by atoms with Gasteiger partial charge < -0.3 is 10.4 Å². The van der Waals surface area contributed by atoms with E-state index >= 15 is 0 Å². The van der Waals surface area contributed by atoms with Crippen LogP contribution in [0.4, 0.5) is 0 Å². The molecule has 2 heterocycles. The minimum absolute atomic E-state index is 0.0695. The third-order valence-electron chi connectivity index (χ3n) is 2.32. The van der Waals surface area contributed by atoms with Crippen molar-refractivity contribution in [2.45, 2.75) is 18.6 Å². The van der Waals surface area contributed by atoms with Gasteiger partial charge in [0.2, 0.25) is 0 Å². The number of aromatic nitrogens is 2. The molecule has 0 unspecified atom stereocenters. The van der Waals surface area contributed by atoms with Gasteiger partial charge in [0, 0.05) is 12.7 Å². The van der Waals surface area contributed by atoms with E-state index in [1.807, 2.05) is 6.20 Å². The Balaban J connectivity index is 2.14. The van der Waals surface area contributed by atoms with Crippen LogP contribution in [0.2, 0.25) is 0 Å². The van der Waals surface area contributed by atoms with E-state index < -0.39 is 0 Å². The Hall–Kier alpha value is -0.390. The van der Waals surface area contributed by atoms with Crippen LogP contribution < -0.4 is 5.32 Å². The number of aliphatic hydroxyl groups is 1. The van der Waals surface area contributed by atoms with Crippen molar-refractivity contribution in [1.82, 2.24) is 15.1 Å². The van der Waals surface area contributed by atoms with Crippen LogP contribution in [0.3, 0.4) is 0 Å². The second-order valence-corrected chi connectivity index (χ2v) is 4.18. The zero-order chi connectivity index (χ0) is 9.26. The van der Waals surface area contributed by atoms with Gasteiger partial charge in [-0.25, -0.2) is 0 Å². The van der Waals surface area contributed by atoms with Gasteiger partial charge in [-0.1, -0.05) is 0 Å². The molecule has 2 N–H and O–H groups in total. The molecule has 13 heavy (non-hydrogen) atoms. The lowest BCUT2D eigenvalue weighted by atomic mass is 10.0. The SMILES string of the molecule is O[C@H]1CCNC[C@@H]1n1cc(Br)cn1. The van der Waals surface area contributed by atoms with Gasteiger partial charge in [-0.2, -0.15) is 5.10 Å². The molecule has 1 fully saturated rings. The lowest BCUT2D eigenvalue weighted by molar-refractivity contribution is 0.0783. The van der Waals surface area contributed by atoms with Crippen molar-refractivity contribution in [1.29, 1.82) is 0 Å². The van der Waals surface area contributed by atoms with Crippen LogP contribution in [0.5, 0.6) is 0 Å². The maximum Gasteiger partial charge on any atom is 0.0902 e. The summed E-state index contributed by atoms with van der Waals surface area (Å²) in [4.78, 5) is 0. The molecule has 1 aromatic rings. The van der Waals surface area contributed by atoms with Crippen molar-refractivity contribution < 1.29 is 5.11 Å². The highest BCUT2D eigenvalue weighted by atomic mass is 79.9. The van der Waals surface area contributed by atoms with Crippen LogP contribution >= 0.6 is 15.9 Å². The standard InChI is InChI=1S/C8H12BrN3O/c9-6-3-11-12(5-6)7-4-10-2-1-8(7)13/h3,5,7-8,10,13H,1-2,4H2/t7-,8-/m0/s1. The Morgan fingerprint density at radius 3 is 3.15 bits per heavy atom. The van der Waals surface area contributed by atoms with Gasteiger partial charge in [0.25, 0.3) is 0 Å². The maximum atomic E-state index is 9.72. The molecule has 2 rings (SSSR count). The molecule has 2 atom stereocenters. The van der Waals surface area contributed by atoms with Gasteiger partial charge in [0.05, 0.1) is 22.8 Å². The van der Waals surface area contributed by atoms with E-state index in [0.717, 1.165) is 24.0 Å². The summed E-state index contributed by atoms with van der Waals surface area (Å²) >= 11 is 3.33. The largest absolute Gasteiger partial charge is 0.391 e. The molecule has 0 aliphatic carbocycles. The summed E-state index contributed by atoms with van der Waals surface area (Å²) in [7, 11) is 0. The molecule has 4 nitrogen and oxygen atoms in total. The Labute approximate surface area is 85.1 Å². The lowest BCUT2D eigenvalue weighted by Gasteiger charge is -2.28. The van der Waals surface area contributed by atoms with Gasteiger partial charge in [0.1, 0.15) is 0 Å². The fourth-order valence-electron chi connectivity index (χ4n) is 1.59. The van der Waals surface area contributed by atoms with Crippen LogP contribution in [-0.2, 0) is 0 Å². The quantitative estimate of drug-likeness (QED) is 0.760. The minimum Gasteiger partial charge on any atom is -0.391 e. The topological polar surface area (TPSA) is 50.1 Å². The van der Waals surface area contributed by atoms with Crippen LogP contribution in [-0.4, -0.2) is 34.1 Å². The number of hydrogen-bond donors (Lipinski definition) is 2. The van der Waals surface area contributed by atoms with Crippen LogP contribution in [0, 0.1) is 0 Å². The Kier molecular flexibility index (Phi) is 2.66. The molecule has 1 aliphatic rings. The van der Waals surface area contributed by atoms with Crippen molar-refractivity contribution >= 4 is 15.9 Å². The zero-order valence-electron chi connectivity index (χ0n) is 7.15. The maximum absolute atomic E-state index is 9.72. The van der Waals surface area contributed by atoms with E-state index in [9.17, 15) is 5.11 Å². The summed E-state index contributed by atoms with van der Waals surface area (Å²) in [5.74, 6) is 0. The third kappa shape index (κ3) is 1.92. The Bertz CT molecular complexity index is 289. The van der Waals surface area contributed by atoms with Crippen molar-refractivity contribution in [3.05, 3.63) is 16.9 Å². The molecular formula is C8H12BrN3O. The normalized spacial score (nSPS) is 29.1. The zero-order valence-corrected chi connectivity index (χ0v) is 8.74. The average Bonchev–Trinajstić information content (AvgIpc) is 2.53. The van der Waals surface area contributed by atoms with Crippen LogP contribution in [0.15, 0.2) is 16.9 Å². The summed E-state index contributed by atoms with van der Waals surface area (Å²) in [5, 5.41) is 17.1. The van der Waals surface area contributed by atoms with Gasteiger partial charge in [-0.15, -0.1) is 0 Å². The Morgan fingerprint density at radius 2 is 2.54 bits per heavy atom. The van der Waals surface area contributed by atoms with E-state index in [1.165, 1.54) is 0 Å². The number of nitrogens with zero attached hydrogens (tertiary/aromatic N) is 2. The highest BCUT2D eigenvalue weighted by molar-refractivity contribution is 9.10. The van der Waals surface area contributed by atoms with Gasteiger partial charge in [-0.05, 0) is 28.9 Å². The molecule has 5 heteroatoms. The molecule has 0 aromatic carbocycles. The highest BCUT2D eigenvalue weighted by Gasteiger charge is 2.24. The molecule has 1 saturated heterocycles. The van der Waals surface area contributed by atoms with E-state index in [-0.39, 0.29) is 12.1 Å². The smallest absolute Gasteiger partial charge is 0.0902 e. The molecule has 72 valence electrons. The summed E-state index contributed by atoms with van der Waals surface area (Å²) in [6.07, 6.45) is 4.14. The first-order chi connectivity index (χ1) is 6.27. The van der Waals surface area contributed by atoms with Crippen LogP contribution in [0.25, 0.3) is 0 Å². The van der Waals surface area contributed by atoms with Crippen molar-refractivity contribution in [2.75, 3.05) is 13.1 Å². The fourth-order valence-corrected chi connectivity index (χ4v) is 1.90. The molecule has 0 bridgehead atoms. The molecule has 0 saturated carbocycles. The molecule has 1 aromatic heterocycles. The van der Waals surface area contributed by atoms with E-state index in [2.05, 4.69) is 26.3 Å². The predicted molar refractivity (Wildman–Crippen MR) is 52.5 cm³/mol. The second-order valence-electron chi connectivity index (χ2n) is 3.27. The number of nitrogens with one attached hydrogen (secondary N) is 1. The third-order valence-corrected chi connectivity index (χ3v) is 2.73. The van der Waals surface area contributed by atoms with Crippen LogP contribution in [0.1, 0.15) is 12.5 Å². The van der Waals surface area contributed by atoms with E-state index in [4.69, 9.17) is 0 Å². The fraction of sp³-hybridized carbons (Fsp3) is 0.625. The summed E-state index contributed by atoms with van der Waals surface area (Å²) in [6.45, 7) is 1.68. The number of aliphatic hydroxyl groups excluding tert-OH is 1. The summed E-state index contributed by atoms with van der Waals surface area (Å²) in [6, 6.07) is 0.0695. The monoisotopic (exact) mass is 245 g/mol. The van der Waals surface area contributed by atoms with Gasteiger partial charge in [-0.3, -0.25) is 4.68 Å². The molecule has 1 aliphatic heterocycles. The average molecular weight is 246 g/mol. The molecule has 0 spiro atoms. The first kappa shape index (κ1) is 9.18. The Morgan fingerprint density at radius 1 is 1.69 bits per heavy atom. The van der Waals surface area contributed by atoms with Crippen molar-refractivity contribution in [3.63, 3.8) is 0 Å². The first-order valence-corrected chi connectivity index (χ1v) is 5.15. The highest BCUT2D eigenvalue weighted by Crippen LogP contribution is 2.18. The van der Waals surface area contributed by atoms with E-state index in [1.54, 1.807) is 10.9 Å².